The molecular weight excluding hydrogens is 274 g/mol. The quantitative estimate of drug-likeness (QED) is 0.776. The van der Waals surface area contributed by atoms with Crippen molar-refractivity contribution < 1.29 is 9.53 Å². The predicted octanol–water partition coefficient (Wildman–Crippen LogP) is 3.95. The van der Waals surface area contributed by atoms with Gasteiger partial charge in [-0.15, -0.1) is 0 Å². The van der Waals surface area contributed by atoms with Crippen LogP contribution in [0.1, 0.15) is 39.8 Å². The summed E-state index contributed by atoms with van der Waals surface area (Å²) in [7, 11) is 0. The number of hydrogen-bond acceptors (Lipinski definition) is 3. The van der Waals surface area contributed by atoms with E-state index in [1.165, 1.54) is 0 Å². The average Bonchev–Trinajstić information content (AvgIpc) is 2.70. The van der Waals surface area contributed by atoms with E-state index in [-0.39, 0.29) is 23.4 Å². The molecule has 2 aliphatic rings. The summed E-state index contributed by atoms with van der Waals surface area (Å²) in [5.41, 5.74) is 0.586. The van der Waals surface area contributed by atoms with Gasteiger partial charge < -0.3 is 4.74 Å². The van der Waals surface area contributed by atoms with Crippen LogP contribution in [0.3, 0.4) is 0 Å². The van der Waals surface area contributed by atoms with Gasteiger partial charge in [0, 0.05) is 12.1 Å². The first-order valence-corrected chi connectivity index (χ1v) is 8.22. The van der Waals surface area contributed by atoms with Crippen LogP contribution in [0.15, 0.2) is 30.5 Å². The van der Waals surface area contributed by atoms with E-state index in [2.05, 4.69) is 44.8 Å². The van der Waals surface area contributed by atoms with Gasteiger partial charge in [0.1, 0.15) is 5.60 Å². The Bertz CT molecular complexity index is 578. The van der Waals surface area contributed by atoms with E-state index in [1.54, 1.807) is 0 Å². The number of ether oxygens (including phenoxy) is 1. The molecule has 1 saturated carbocycles. The summed E-state index contributed by atoms with van der Waals surface area (Å²) in [5.74, 6) is 1.70. The SMILES string of the molecule is C[C@H]1C[C@H]2C(=O)OC(C)(C)[C@H]2C(/C=C/c2ccccn2)[C@@H]1C. The molecule has 1 aliphatic heterocycles. The molecular formula is C19H25NO2. The van der Waals surface area contributed by atoms with Gasteiger partial charge in [0.2, 0.25) is 0 Å². The molecule has 2 fully saturated rings. The highest BCUT2D eigenvalue weighted by Gasteiger charge is 2.56. The van der Waals surface area contributed by atoms with E-state index < -0.39 is 0 Å². The number of aromatic nitrogens is 1. The normalized spacial score (nSPS) is 37.1. The molecule has 0 spiro atoms. The zero-order valence-corrected chi connectivity index (χ0v) is 13.8. The summed E-state index contributed by atoms with van der Waals surface area (Å²) in [6.07, 6.45) is 7.10. The first kappa shape index (κ1) is 15.3. The number of hydrogen-bond donors (Lipinski definition) is 0. The van der Waals surface area contributed by atoms with Crippen molar-refractivity contribution in [2.24, 2.45) is 29.6 Å². The Morgan fingerprint density at radius 3 is 2.77 bits per heavy atom. The number of rotatable bonds is 2. The Balaban J connectivity index is 1.92. The molecule has 22 heavy (non-hydrogen) atoms. The molecule has 0 aromatic carbocycles. The standard InChI is InChI=1S/C19H25NO2/c1-12-11-16-17(19(3,4)22-18(16)21)15(13(12)2)9-8-14-7-5-6-10-20-14/h5-10,12-13,15-17H,11H2,1-4H3/b9-8+/t12-,13+,15?,16+,17-/m0/s1. The molecule has 1 aromatic heterocycles. The Morgan fingerprint density at radius 2 is 2.09 bits per heavy atom. The van der Waals surface area contributed by atoms with E-state index in [4.69, 9.17) is 4.74 Å². The second-order valence-electron chi connectivity index (χ2n) is 7.42. The van der Waals surface area contributed by atoms with Crippen LogP contribution in [-0.4, -0.2) is 16.6 Å². The largest absolute Gasteiger partial charge is 0.459 e. The highest BCUT2D eigenvalue weighted by Crippen LogP contribution is 2.52. The fraction of sp³-hybridized carbons (Fsp3) is 0.579. The maximum Gasteiger partial charge on any atom is 0.309 e. The number of cyclic esters (lactones) is 1. The van der Waals surface area contributed by atoms with Gasteiger partial charge in [-0.2, -0.15) is 0 Å². The van der Waals surface area contributed by atoms with Gasteiger partial charge in [-0.1, -0.05) is 26.0 Å². The third-order valence-electron chi connectivity index (χ3n) is 5.62. The first-order valence-electron chi connectivity index (χ1n) is 8.22. The number of esters is 1. The third kappa shape index (κ3) is 2.57. The molecule has 0 amide bonds. The van der Waals surface area contributed by atoms with E-state index >= 15 is 0 Å². The van der Waals surface area contributed by atoms with Crippen molar-refractivity contribution in [3.8, 4) is 0 Å². The number of pyridine rings is 1. The molecule has 1 unspecified atom stereocenters. The Hall–Kier alpha value is -1.64. The molecule has 1 saturated heterocycles. The molecule has 1 aliphatic carbocycles. The van der Waals surface area contributed by atoms with E-state index in [9.17, 15) is 4.79 Å². The zero-order valence-electron chi connectivity index (χ0n) is 13.8. The van der Waals surface area contributed by atoms with Gasteiger partial charge in [0.05, 0.1) is 11.6 Å². The van der Waals surface area contributed by atoms with Crippen molar-refractivity contribution in [1.29, 1.82) is 0 Å². The van der Waals surface area contributed by atoms with Crippen molar-refractivity contribution in [1.82, 2.24) is 4.98 Å². The van der Waals surface area contributed by atoms with Gasteiger partial charge in [0.15, 0.2) is 0 Å². The fourth-order valence-corrected chi connectivity index (χ4v) is 4.31. The summed E-state index contributed by atoms with van der Waals surface area (Å²) >= 11 is 0. The predicted molar refractivity (Wildman–Crippen MR) is 86.9 cm³/mol. The summed E-state index contributed by atoms with van der Waals surface area (Å²) in [6, 6.07) is 5.92. The summed E-state index contributed by atoms with van der Waals surface area (Å²) in [4.78, 5) is 16.6. The van der Waals surface area contributed by atoms with Gasteiger partial charge in [-0.3, -0.25) is 9.78 Å². The van der Waals surface area contributed by atoms with Gasteiger partial charge in [0.25, 0.3) is 0 Å². The molecule has 1 aromatic rings. The molecule has 3 nitrogen and oxygen atoms in total. The zero-order chi connectivity index (χ0) is 15.9. The molecule has 2 heterocycles. The number of carbonyl (C=O) groups excluding carboxylic acids is 1. The molecule has 118 valence electrons. The van der Waals surface area contributed by atoms with Crippen molar-refractivity contribution in [3.63, 3.8) is 0 Å². The summed E-state index contributed by atoms with van der Waals surface area (Å²) in [6.45, 7) is 8.66. The van der Waals surface area contributed by atoms with E-state index in [0.29, 0.717) is 17.8 Å². The minimum Gasteiger partial charge on any atom is -0.459 e. The second-order valence-corrected chi connectivity index (χ2v) is 7.42. The maximum absolute atomic E-state index is 12.2. The molecule has 0 bridgehead atoms. The fourth-order valence-electron chi connectivity index (χ4n) is 4.31. The molecule has 0 N–H and O–H groups in total. The lowest BCUT2D eigenvalue weighted by atomic mass is 9.60. The molecule has 3 rings (SSSR count). The van der Waals surface area contributed by atoms with E-state index in [1.807, 2.05) is 24.4 Å². The lowest BCUT2D eigenvalue weighted by Gasteiger charge is -2.43. The second kappa shape index (κ2) is 5.53. The number of nitrogens with zero attached hydrogens (tertiary/aromatic N) is 1. The Labute approximate surface area is 132 Å². The van der Waals surface area contributed by atoms with Crippen LogP contribution in [0, 0.1) is 29.6 Å². The maximum atomic E-state index is 12.2. The monoisotopic (exact) mass is 299 g/mol. The molecule has 3 heteroatoms. The minimum atomic E-state index is -0.380. The van der Waals surface area contributed by atoms with Gasteiger partial charge >= 0.3 is 5.97 Å². The Morgan fingerprint density at radius 1 is 1.32 bits per heavy atom. The topological polar surface area (TPSA) is 39.2 Å². The lowest BCUT2D eigenvalue weighted by molar-refractivity contribution is -0.148. The highest BCUT2D eigenvalue weighted by molar-refractivity contribution is 5.76. The van der Waals surface area contributed by atoms with Crippen LogP contribution in [0.5, 0.6) is 0 Å². The first-order chi connectivity index (χ1) is 10.4. The highest BCUT2D eigenvalue weighted by atomic mass is 16.6. The summed E-state index contributed by atoms with van der Waals surface area (Å²) < 4.78 is 5.69. The summed E-state index contributed by atoms with van der Waals surface area (Å²) in [5, 5.41) is 0. The number of allylic oxidation sites excluding steroid dienone is 1. The van der Waals surface area contributed by atoms with Crippen molar-refractivity contribution in [2.45, 2.75) is 39.7 Å². The molecule has 5 atom stereocenters. The Kier molecular flexibility index (Phi) is 3.84. The van der Waals surface area contributed by atoms with Crippen molar-refractivity contribution >= 4 is 12.0 Å². The van der Waals surface area contributed by atoms with Crippen LogP contribution in [-0.2, 0) is 9.53 Å². The smallest absolute Gasteiger partial charge is 0.309 e. The van der Waals surface area contributed by atoms with E-state index in [0.717, 1.165) is 12.1 Å². The third-order valence-corrected chi connectivity index (χ3v) is 5.62. The average molecular weight is 299 g/mol. The van der Waals surface area contributed by atoms with Crippen LogP contribution in [0.4, 0.5) is 0 Å². The molecule has 0 radical (unpaired) electrons. The van der Waals surface area contributed by atoms with Gasteiger partial charge in [-0.25, -0.2) is 0 Å². The van der Waals surface area contributed by atoms with Crippen LogP contribution < -0.4 is 0 Å². The number of fused-ring (bicyclic) bond motifs is 1. The van der Waals surface area contributed by atoms with Crippen LogP contribution in [0.2, 0.25) is 0 Å². The lowest BCUT2D eigenvalue weighted by Crippen LogP contribution is -2.43. The number of carbonyl (C=O) groups is 1. The van der Waals surface area contributed by atoms with Crippen molar-refractivity contribution in [2.75, 3.05) is 0 Å². The van der Waals surface area contributed by atoms with Crippen LogP contribution in [0.25, 0.3) is 6.08 Å². The van der Waals surface area contributed by atoms with Crippen LogP contribution >= 0.6 is 0 Å². The van der Waals surface area contributed by atoms with Crippen molar-refractivity contribution in [3.05, 3.63) is 36.2 Å². The van der Waals surface area contributed by atoms with Gasteiger partial charge in [-0.05, 0) is 56.2 Å². The minimum absolute atomic E-state index is 0.00927.